The molecule has 1 aliphatic heterocycles. The van der Waals surface area contributed by atoms with Gasteiger partial charge in [-0.15, -0.1) is 0 Å². The highest BCUT2D eigenvalue weighted by atomic mass is 16.7. The average Bonchev–Trinajstić information content (AvgIpc) is 2.60. The van der Waals surface area contributed by atoms with Crippen molar-refractivity contribution in [1.82, 2.24) is 0 Å². The summed E-state index contributed by atoms with van der Waals surface area (Å²) in [7, 11) is 0. The molecule has 0 aromatic heterocycles. The van der Waals surface area contributed by atoms with E-state index in [1.54, 1.807) is 6.92 Å². The van der Waals surface area contributed by atoms with Crippen LogP contribution in [0.1, 0.15) is 20.3 Å². The fourth-order valence-electron chi connectivity index (χ4n) is 1.37. The molecule has 1 heterocycles. The zero-order valence-corrected chi connectivity index (χ0v) is 9.82. The number of hydrogen-bond donors (Lipinski definition) is 0. The molecule has 2 atom stereocenters. The molecule has 0 N–H and O–H groups in total. The van der Waals surface area contributed by atoms with E-state index in [0.29, 0.717) is 18.6 Å². The van der Waals surface area contributed by atoms with Crippen molar-refractivity contribution >= 4 is 5.97 Å². The monoisotopic (exact) mass is 226 g/mol. The van der Waals surface area contributed by atoms with Gasteiger partial charge in [0.25, 0.3) is 0 Å². The van der Waals surface area contributed by atoms with E-state index in [1.807, 2.05) is 6.92 Å². The van der Waals surface area contributed by atoms with Crippen LogP contribution in [0.4, 0.5) is 0 Å². The van der Waals surface area contributed by atoms with Gasteiger partial charge in [0.2, 0.25) is 0 Å². The smallest absolute Gasteiger partial charge is 0.333 e. The second-order valence-corrected chi connectivity index (χ2v) is 3.97. The van der Waals surface area contributed by atoms with Crippen LogP contribution in [0.2, 0.25) is 0 Å². The van der Waals surface area contributed by atoms with Gasteiger partial charge in [0.1, 0.15) is 6.61 Å². The fourth-order valence-corrected chi connectivity index (χ4v) is 1.37. The maximum atomic E-state index is 11.1. The minimum atomic E-state index is -0.391. The van der Waals surface area contributed by atoms with E-state index in [0.717, 1.165) is 5.57 Å². The molecule has 1 fully saturated rings. The van der Waals surface area contributed by atoms with Gasteiger partial charge in [-0.05, 0) is 25.8 Å². The lowest BCUT2D eigenvalue weighted by atomic mass is 10.1. The van der Waals surface area contributed by atoms with Gasteiger partial charge in [0.15, 0.2) is 6.29 Å². The molecule has 0 bridgehead atoms. The summed E-state index contributed by atoms with van der Waals surface area (Å²) in [6, 6.07) is 0. The van der Waals surface area contributed by atoms with Crippen LogP contribution in [0.15, 0.2) is 24.3 Å². The third-order valence-corrected chi connectivity index (χ3v) is 2.17. The molecule has 16 heavy (non-hydrogen) atoms. The van der Waals surface area contributed by atoms with Crippen molar-refractivity contribution in [3.05, 3.63) is 24.3 Å². The molecule has 90 valence electrons. The Hall–Kier alpha value is -1.13. The Morgan fingerprint density at radius 3 is 2.69 bits per heavy atom. The van der Waals surface area contributed by atoms with E-state index in [2.05, 4.69) is 13.2 Å². The van der Waals surface area contributed by atoms with E-state index >= 15 is 0 Å². The van der Waals surface area contributed by atoms with Gasteiger partial charge in [0.05, 0.1) is 12.7 Å². The Bertz CT molecular complexity index is 295. The van der Waals surface area contributed by atoms with Crippen LogP contribution in [0.5, 0.6) is 0 Å². The first-order valence-electron chi connectivity index (χ1n) is 5.25. The summed E-state index contributed by atoms with van der Waals surface area (Å²) >= 11 is 0. The predicted molar refractivity (Wildman–Crippen MR) is 59.8 cm³/mol. The van der Waals surface area contributed by atoms with Gasteiger partial charge in [-0.3, -0.25) is 0 Å². The van der Waals surface area contributed by atoms with Crippen molar-refractivity contribution in [3.63, 3.8) is 0 Å². The van der Waals surface area contributed by atoms with Crippen LogP contribution >= 0.6 is 0 Å². The van der Waals surface area contributed by atoms with Crippen molar-refractivity contribution < 1.29 is 19.0 Å². The average molecular weight is 226 g/mol. The molecule has 1 aliphatic rings. The molecule has 1 rings (SSSR count). The quantitative estimate of drug-likeness (QED) is 0.407. The third kappa shape index (κ3) is 4.16. The predicted octanol–water partition coefficient (Wildman–Crippen LogP) is 1.81. The fraction of sp³-hybridized carbons (Fsp3) is 0.583. The lowest BCUT2D eigenvalue weighted by Crippen LogP contribution is -2.15. The van der Waals surface area contributed by atoms with E-state index in [1.165, 1.54) is 0 Å². The van der Waals surface area contributed by atoms with E-state index in [-0.39, 0.29) is 19.0 Å². The zero-order chi connectivity index (χ0) is 12.1. The molecule has 0 amide bonds. The number of carbonyl (C=O) groups excluding carboxylic acids is 1. The first kappa shape index (κ1) is 12.9. The number of rotatable bonds is 5. The van der Waals surface area contributed by atoms with Crippen LogP contribution < -0.4 is 0 Å². The van der Waals surface area contributed by atoms with Gasteiger partial charge in [0, 0.05) is 5.57 Å². The molecule has 0 saturated carbocycles. The molecule has 4 nitrogen and oxygen atoms in total. The summed E-state index contributed by atoms with van der Waals surface area (Å²) in [6.07, 6.45) is 0.509. The van der Waals surface area contributed by atoms with E-state index in [9.17, 15) is 4.79 Å². The molecule has 2 unspecified atom stereocenters. The van der Waals surface area contributed by atoms with Gasteiger partial charge < -0.3 is 14.2 Å². The van der Waals surface area contributed by atoms with Gasteiger partial charge in [-0.25, -0.2) is 4.79 Å². The number of carbonyl (C=O) groups is 1. The summed E-state index contributed by atoms with van der Waals surface area (Å²) in [6.45, 7) is 11.6. The van der Waals surface area contributed by atoms with Crippen molar-refractivity contribution in [3.8, 4) is 0 Å². The Balaban J connectivity index is 2.21. The zero-order valence-electron chi connectivity index (χ0n) is 9.82. The van der Waals surface area contributed by atoms with Crippen molar-refractivity contribution in [1.29, 1.82) is 0 Å². The summed E-state index contributed by atoms with van der Waals surface area (Å²) in [5, 5.41) is 0. The van der Waals surface area contributed by atoms with Crippen LogP contribution in [0, 0.1) is 0 Å². The Kier molecular flexibility index (Phi) is 4.71. The standard InChI is InChI=1S/C12H18O4/c1-8(2)12(13)15-6-9(3)5-11-7-14-10(4)16-11/h10-11H,1,3,5-7H2,2,4H3. The summed E-state index contributed by atoms with van der Waals surface area (Å²) in [4.78, 5) is 11.1. The summed E-state index contributed by atoms with van der Waals surface area (Å²) in [5.41, 5.74) is 1.21. The Labute approximate surface area is 95.9 Å². The Morgan fingerprint density at radius 1 is 1.50 bits per heavy atom. The maximum Gasteiger partial charge on any atom is 0.333 e. The van der Waals surface area contributed by atoms with Gasteiger partial charge >= 0.3 is 5.97 Å². The molecule has 1 saturated heterocycles. The van der Waals surface area contributed by atoms with E-state index in [4.69, 9.17) is 14.2 Å². The first-order chi connectivity index (χ1) is 7.49. The first-order valence-corrected chi connectivity index (χ1v) is 5.25. The summed E-state index contributed by atoms with van der Waals surface area (Å²) in [5.74, 6) is -0.391. The van der Waals surface area contributed by atoms with Crippen LogP contribution in [0.25, 0.3) is 0 Å². The molecule has 0 radical (unpaired) electrons. The Morgan fingerprint density at radius 2 is 2.19 bits per heavy atom. The number of ether oxygens (including phenoxy) is 3. The molecule has 0 spiro atoms. The molecule has 4 heteroatoms. The lowest BCUT2D eigenvalue weighted by Gasteiger charge is -2.11. The van der Waals surface area contributed by atoms with Gasteiger partial charge in [-0.1, -0.05) is 13.2 Å². The maximum absolute atomic E-state index is 11.1. The van der Waals surface area contributed by atoms with Crippen molar-refractivity contribution in [2.75, 3.05) is 13.2 Å². The molecule has 0 aromatic carbocycles. The second kappa shape index (κ2) is 5.82. The molecular formula is C12H18O4. The third-order valence-electron chi connectivity index (χ3n) is 2.17. The highest BCUT2D eigenvalue weighted by Gasteiger charge is 2.23. The minimum absolute atomic E-state index is 0.0195. The van der Waals surface area contributed by atoms with E-state index < -0.39 is 5.97 Å². The van der Waals surface area contributed by atoms with Crippen molar-refractivity contribution in [2.24, 2.45) is 0 Å². The highest BCUT2D eigenvalue weighted by Crippen LogP contribution is 2.17. The second-order valence-electron chi connectivity index (χ2n) is 3.97. The number of hydrogen-bond acceptors (Lipinski definition) is 4. The number of esters is 1. The molecular weight excluding hydrogens is 208 g/mol. The van der Waals surface area contributed by atoms with Crippen LogP contribution in [-0.2, 0) is 19.0 Å². The van der Waals surface area contributed by atoms with Crippen LogP contribution in [0.3, 0.4) is 0 Å². The topological polar surface area (TPSA) is 44.8 Å². The molecule has 0 aromatic rings. The summed E-state index contributed by atoms with van der Waals surface area (Å²) < 4.78 is 15.7. The largest absolute Gasteiger partial charge is 0.458 e. The SMILES string of the molecule is C=C(COC(=O)C(=C)C)CC1COC(C)O1. The normalized spacial score (nSPS) is 24.1. The highest BCUT2D eigenvalue weighted by molar-refractivity contribution is 5.87. The molecule has 0 aliphatic carbocycles. The lowest BCUT2D eigenvalue weighted by molar-refractivity contribution is -0.138. The minimum Gasteiger partial charge on any atom is -0.458 e. The van der Waals surface area contributed by atoms with Gasteiger partial charge in [-0.2, -0.15) is 0 Å². The van der Waals surface area contributed by atoms with Crippen molar-refractivity contribution in [2.45, 2.75) is 32.7 Å². The van der Waals surface area contributed by atoms with Crippen LogP contribution in [-0.4, -0.2) is 31.6 Å².